The minimum atomic E-state index is -1.00. The third-order valence-electron chi connectivity index (χ3n) is 4.30. The van der Waals surface area contributed by atoms with Gasteiger partial charge in [0.25, 0.3) is 5.56 Å². The highest BCUT2D eigenvalue weighted by molar-refractivity contribution is 5.76. The number of nitrogens with one attached hydrogen (secondary N) is 1. The molecule has 0 saturated heterocycles. The molecule has 30 heavy (non-hydrogen) atoms. The first-order valence-electron chi connectivity index (χ1n) is 9.31. The minimum absolute atomic E-state index is 0.00243. The molecular formula is C20H20F2N4O4. The summed E-state index contributed by atoms with van der Waals surface area (Å²) in [5.41, 5.74) is 0.853. The van der Waals surface area contributed by atoms with Gasteiger partial charge in [-0.05, 0) is 37.3 Å². The average Bonchev–Trinajstić information content (AvgIpc) is 2.72. The van der Waals surface area contributed by atoms with Gasteiger partial charge in [0.1, 0.15) is 5.52 Å². The highest BCUT2D eigenvalue weighted by Gasteiger charge is 2.14. The molecule has 10 heteroatoms. The summed E-state index contributed by atoms with van der Waals surface area (Å²) in [6.07, 6.45) is -0.175. The van der Waals surface area contributed by atoms with E-state index in [1.165, 1.54) is 10.6 Å². The van der Waals surface area contributed by atoms with Gasteiger partial charge in [-0.2, -0.15) is 0 Å². The molecule has 1 aromatic carbocycles. The van der Waals surface area contributed by atoms with E-state index in [-0.39, 0.29) is 37.6 Å². The Morgan fingerprint density at radius 3 is 2.70 bits per heavy atom. The normalized spacial score (nSPS) is 11.0. The largest absolute Gasteiger partial charge is 0.481 e. The second kappa shape index (κ2) is 9.40. The van der Waals surface area contributed by atoms with Gasteiger partial charge in [0.15, 0.2) is 23.1 Å². The summed E-state index contributed by atoms with van der Waals surface area (Å²) in [5.74, 6) is -2.97. The van der Waals surface area contributed by atoms with Gasteiger partial charge < -0.3 is 15.2 Å². The Kier molecular flexibility index (Phi) is 6.68. The molecule has 0 fully saturated rings. The summed E-state index contributed by atoms with van der Waals surface area (Å²) >= 11 is 0. The fourth-order valence-corrected chi connectivity index (χ4v) is 2.85. The van der Waals surface area contributed by atoms with Crippen LogP contribution in [0.1, 0.15) is 13.3 Å². The number of halogens is 2. The minimum Gasteiger partial charge on any atom is -0.481 e. The molecule has 3 rings (SSSR count). The van der Waals surface area contributed by atoms with Gasteiger partial charge in [-0.3, -0.25) is 14.2 Å². The number of nitrogens with zero attached hydrogens (tertiary/aromatic N) is 3. The summed E-state index contributed by atoms with van der Waals surface area (Å²) in [6, 6.07) is 6.62. The van der Waals surface area contributed by atoms with Crippen LogP contribution < -0.4 is 10.9 Å². The summed E-state index contributed by atoms with van der Waals surface area (Å²) in [7, 11) is 0. The number of hydrogen-bond donors (Lipinski definition) is 2. The number of hydrogen-bond acceptors (Lipinski definition) is 6. The SMILES string of the molecule is CCOCCn1c(=O)c(NCCC(=O)O)nc2ccc(-c3ccc(F)c(F)c3)nc21. The van der Waals surface area contributed by atoms with Gasteiger partial charge >= 0.3 is 5.97 Å². The van der Waals surface area contributed by atoms with Crippen LogP contribution in [0.2, 0.25) is 0 Å². The van der Waals surface area contributed by atoms with Crippen molar-refractivity contribution in [3.63, 3.8) is 0 Å². The number of benzene rings is 1. The number of carboxylic acid groups (broad SMARTS) is 1. The van der Waals surface area contributed by atoms with E-state index in [4.69, 9.17) is 9.84 Å². The number of pyridine rings is 1. The van der Waals surface area contributed by atoms with Crippen LogP contribution in [0.4, 0.5) is 14.6 Å². The lowest BCUT2D eigenvalue weighted by Gasteiger charge is -2.13. The number of aliphatic carboxylic acids is 1. The maximum absolute atomic E-state index is 13.6. The number of carbonyl (C=O) groups is 1. The fraction of sp³-hybridized carbons (Fsp3) is 0.300. The van der Waals surface area contributed by atoms with Crippen LogP contribution in [0, 0.1) is 11.6 Å². The second-order valence-electron chi connectivity index (χ2n) is 6.35. The molecule has 158 valence electrons. The summed E-state index contributed by atoms with van der Waals surface area (Å²) < 4.78 is 33.6. The van der Waals surface area contributed by atoms with E-state index < -0.39 is 23.2 Å². The van der Waals surface area contributed by atoms with Crippen LogP contribution >= 0.6 is 0 Å². The third kappa shape index (κ3) is 4.77. The zero-order valence-corrected chi connectivity index (χ0v) is 16.2. The molecule has 0 aliphatic heterocycles. The standard InChI is InChI=1S/C20H20F2N4O4/c1-2-30-10-9-26-19-16(24-18(20(26)29)23-8-7-17(27)28)6-5-15(25-19)12-3-4-13(21)14(22)11-12/h3-6,11H,2,7-10H2,1H3,(H,23,24)(H,27,28). The first kappa shape index (κ1) is 21.3. The molecule has 2 heterocycles. The van der Waals surface area contributed by atoms with Crippen LogP contribution in [0.3, 0.4) is 0 Å². The maximum atomic E-state index is 13.6. The van der Waals surface area contributed by atoms with Crippen molar-refractivity contribution in [2.75, 3.05) is 25.1 Å². The van der Waals surface area contributed by atoms with Crippen LogP contribution in [-0.2, 0) is 16.1 Å². The van der Waals surface area contributed by atoms with Crippen LogP contribution in [0.15, 0.2) is 35.1 Å². The molecule has 2 aromatic heterocycles. The van der Waals surface area contributed by atoms with E-state index in [1.807, 2.05) is 6.92 Å². The number of carboxylic acids is 1. The smallest absolute Gasteiger partial charge is 0.305 e. The van der Waals surface area contributed by atoms with Gasteiger partial charge in [-0.25, -0.2) is 18.7 Å². The van der Waals surface area contributed by atoms with E-state index >= 15 is 0 Å². The van der Waals surface area contributed by atoms with E-state index in [0.29, 0.717) is 23.4 Å². The van der Waals surface area contributed by atoms with Crippen molar-refractivity contribution in [3.05, 3.63) is 52.3 Å². The van der Waals surface area contributed by atoms with E-state index in [0.717, 1.165) is 12.1 Å². The van der Waals surface area contributed by atoms with Gasteiger partial charge in [-0.15, -0.1) is 0 Å². The number of fused-ring (bicyclic) bond motifs is 1. The molecule has 0 spiro atoms. The lowest BCUT2D eigenvalue weighted by Crippen LogP contribution is -2.28. The number of ether oxygens (including phenoxy) is 1. The van der Waals surface area contributed by atoms with Crippen molar-refractivity contribution in [2.45, 2.75) is 19.9 Å². The van der Waals surface area contributed by atoms with E-state index in [9.17, 15) is 18.4 Å². The Labute approximate surface area is 170 Å². The molecule has 0 bridgehead atoms. The highest BCUT2D eigenvalue weighted by atomic mass is 19.2. The first-order chi connectivity index (χ1) is 14.4. The van der Waals surface area contributed by atoms with Crippen molar-refractivity contribution in [3.8, 4) is 11.3 Å². The van der Waals surface area contributed by atoms with Crippen molar-refractivity contribution < 1.29 is 23.4 Å². The van der Waals surface area contributed by atoms with Crippen molar-refractivity contribution in [2.24, 2.45) is 0 Å². The maximum Gasteiger partial charge on any atom is 0.305 e. The Bertz CT molecular complexity index is 1130. The summed E-state index contributed by atoms with van der Waals surface area (Å²) in [6.45, 7) is 2.77. The molecule has 3 aromatic rings. The monoisotopic (exact) mass is 418 g/mol. The van der Waals surface area contributed by atoms with Crippen LogP contribution in [-0.4, -0.2) is 45.4 Å². The fourth-order valence-electron chi connectivity index (χ4n) is 2.85. The zero-order valence-electron chi connectivity index (χ0n) is 16.2. The predicted octanol–water partition coefficient (Wildman–Crippen LogP) is 2.66. The molecular weight excluding hydrogens is 398 g/mol. The number of anilines is 1. The average molecular weight is 418 g/mol. The zero-order chi connectivity index (χ0) is 21.7. The lowest BCUT2D eigenvalue weighted by atomic mass is 10.1. The predicted molar refractivity (Wildman–Crippen MR) is 106 cm³/mol. The Hall–Kier alpha value is -3.40. The van der Waals surface area contributed by atoms with E-state index in [2.05, 4.69) is 15.3 Å². The quantitative estimate of drug-likeness (QED) is 0.515. The molecule has 0 amide bonds. The Morgan fingerprint density at radius 2 is 2.00 bits per heavy atom. The topological polar surface area (TPSA) is 106 Å². The first-order valence-corrected chi connectivity index (χ1v) is 9.31. The molecule has 0 atom stereocenters. The van der Waals surface area contributed by atoms with Crippen LogP contribution in [0.5, 0.6) is 0 Å². The van der Waals surface area contributed by atoms with Gasteiger partial charge in [0, 0.05) is 18.7 Å². The number of aromatic nitrogens is 3. The molecule has 8 nitrogen and oxygen atoms in total. The summed E-state index contributed by atoms with van der Waals surface area (Å²) in [4.78, 5) is 32.3. The summed E-state index contributed by atoms with van der Waals surface area (Å²) in [5, 5.41) is 11.5. The molecule has 0 aliphatic carbocycles. The lowest BCUT2D eigenvalue weighted by molar-refractivity contribution is -0.136. The second-order valence-corrected chi connectivity index (χ2v) is 6.35. The van der Waals surface area contributed by atoms with Gasteiger partial charge in [0.05, 0.1) is 25.3 Å². The van der Waals surface area contributed by atoms with Crippen molar-refractivity contribution in [1.82, 2.24) is 14.5 Å². The van der Waals surface area contributed by atoms with Gasteiger partial charge in [0.2, 0.25) is 0 Å². The van der Waals surface area contributed by atoms with Crippen molar-refractivity contribution in [1.29, 1.82) is 0 Å². The Balaban J connectivity index is 2.07. The highest BCUT2D eigenvalue weighted by Crippen LogP contribution is 2.22. The third-order valence-corrected chi connectivity index (χ3v) is 4.30. The molecule has 0 radical (unpaired) electrons. The van der Waals surface area contributed by atoms with Gasteiger partial charge in [-0.1, -0.05) is 0 Å². The van der Waals surface area contributed by atoms with Crippen LogP contribution in [0.25, 0.3) is 22.4 Å². The molecule has 2 N–H and O–H groups in total. The van der Waals surface area contributed by atoms with Crippen molar-refractivity contribution >= 4 is 23.0 Å². The molecule has 0 unspecified atom stereocenters. The Morgan fingerprint density at radius 1 is 1.20 bits per heavy atom. The van der Waals surface area contributed by atoms with E-state index in [1.54, 1.807) is 12.1 Å². The molecule has 0 aliphatic rings. The number of rotatable bonds is 9. The molecule has 0 saturated carbocycles.